The van der Waals surface area contributed by atoms with Crippen LogP contribution in [0.3, 0.4) is 0 Å². The summed E-state index contributed by atoms with van der Waals surface area (Å²) >= 11 is 0. The molecule has 1 atom stereocenters. The summed E-state index contributed by atoms with van der Waals surface area (Å²) in [5.41, 5.74) is 0.513. The Balaban J connectivity index is 1.18. The van der Waals surface area contributed by atoms with Gasteiger partial charge in [0, 0.05) is 5.56 Å². The van der Waals surface area contributed by atoms with Crippen molar-refractivity contribution in [2.75, 3.05) is 6.61 Å². The lowest BCUT2D eigenvalue weighted by Gasteiger charge is -2.29. The van der Waals surface area contributed by atoms with Crippen LogP contribution in [0.25, 0.3) is 0 Å². The highest BCUT2D eigenvalue weighted by Gasteiger charge is 2.33. The minimum atomic E-state index is -1.15. The van der Waals surface area contributed by atoms with Gasteiger partial charge in [0.25, 0.3) is 0 Å². The summed E-state index contributed by atoms with van der Waals surface area (Å²) in [7, 11) is 0. The number of benzene rings is 2. The Hall–Kier alpha value is -2.41. The number of epoxide rings is 1. The topological polar surface area (TPSA) is 38.8 Å². The quantitative estimate of drug-likeness (QED) is 0.210. The van der Waals surface area contributed by atoms with Crippen molar-refractivity contribution in [3.8, 4) is 0 Å². The maximum absolute atomic E-state index is 15.0. The van der Waals surface area contributed by atoms with E-state index in [1.165, 1.54) is 18.6 Å². The Morgan fingerprint density at radius 1 is 0.784 bits per heavy atom. The van der Waals surface area contributed by atoms with E-state index in [-0.39, 0.29) is 23.5 Å². The Morgan fingerprint density at radius 2 is 1.30 bits per heavy atom. The van der Waals surface area contributed by atoms with Gasteiger partial charge in [-0.15, -0.1) is 0 Å². The maximum Gasteiger partial charge on any atom is 0.341 e. The predicted octanol–water partition coefficient (Wildman–Crippen LogP) is 8.27. The van der Waals surface area contributed by atoms with Crippen molar-refractivity contribution >= 4 is 5.97 Å². The second-order valence-corrected chi connectivity index (χ2v) is 10.9. The van der Waals surface area contributed by atoms with Crippen LogP contribution in [-0.2, 0) is 9.47 Å². The van der Waals surface area contributed by atoms with Gasteiger partial charge in [-0.2, -0.15) is 0 Å². The van der Waals surface area contributed by atoms with E-state index in [0.717, 1.165) is 32.1 Å². The van der Waals surface area contributed by atoms with E-state index in [9.17, 15) is 22.4 Å². The van der Waals surface area contributed by atoms with Crippen LogP contribution in [0.5, 0.6) is 0 Å². The van der Waals surface area contributed by atoms with Gasteiger partial charge < -0.3 is 9.47 Å². The molecule has 200 valence electrons. The van der Waals surface area contributed by atoms with Crippen LogP contribution in [-0.4, -0.2) is 18.7 Å². The standard InChI is InChI=1S/C30H34F4O3/c1-2-3-17-4-6-18(7-5-17)22-13-15-24(29(34)27(22)32)30(35)37-20-10-8-19(9-11-20)21-12-14-23(25-16-36-25)28(33)26(21)31/h12-15,17-20,25H,2-11,16H2,1H3. The minimum absolute atomic E-state index is 0.0287. The molecule has 37 heavy (non-hydrogen) atoms. The van der Waals surface area contributed by atoms with Gasteiger partial charge in [-0.25, -0.2) is 22.4 Å². The molecule has 1 saturated heterocycles. The van der Waals surface area contributed by atoms with Crippen molar-refractivity contribution < 1.29 is 31.8 Å². The van der Waals surface area contributed by atoms with E-state index in [4.69, 9.17) is 9.47 Å². The molecule has 0 aromatic heterocycles. The number of esters is 1. The summed E-state index contributed by atoms with van der Waals surface area (Å²) in [5, 5.41) is 0. The van der Waals surface area contributed by atoms with Gasteiger partial charge in [0.05, 0.1) is 12.2 Å². The van der Waals surface area contributed by atoms with E-state index >= 15 is 0 Å². The number of halogens is 4. The third-order valence-corrected chi connectivity index (χ3v) is 8.53. The fraction of sp³-hybridized carbons (Fsp3) is 0.567. The first kappa shape index (κ1) is 26.2. The van der Waals surface area contributed by atoms with Gasteiger partial charge in [0.1, 0.15) is 12.2 Å². The first-order valence-electron chi connectivity index (χ1n) is 13.7. The lowest BCUT2D eigenvalue weighted by Crippen LogP contribution is -2.25. The Labute approximate surface area is 215 Å². The van der Waals surface area contributed by atoms with E-state index in [0.29, 0.717) is 49.3 Å². The Morgan fingerprint density at radius 3 is 1.89 bits per heavy atom. The van der Waals surface area contributed by atoms with Crippen LogP contribution in [0.4, 0.5) is 17.6 Å². The number of hydrogen-bond donors (Lipinski definition) is 0. The van der Waals surface area contributed by atoms with Gasteiger partial charge in [-0.05, 0) is 86.3 Å². The molecule has 0 N–H and O–H groups in total. The van der Waals surface area contributed by atoms with Gasteiger partial charge in [-0.3, -0.25) is 0 Å². The fourth-order valence-corrected chi connectivity index (χ4v) is 6.29. The van der Waals surface area contributed by atoms with Crippen molar-refractivity contribution in [3.05, 3.63) is 69.8 Å². The molecule has 2 aliphatic carbocycles. The van der Waals surface area contributed by atoms with Crippen molar-refractivity contribution in [1.82, 2.24) is 0 Å². The molecule has 2 saturated carbocycles. The summed E-state index contributed by atoms with van der Waals surface area (Å²) in [6, 6.07) is 6.06. The van der Waals surface area contributed by atoms with Crippen LogP contribution in [0.15, 0.2) is 24.3 Å². The third-order valence-electron chi connectivity index (χ3n) is 8.53. The molecule has 7 heteroatoms. The monoisotopic (exact) mass is 518 g/mol. The zero-order chi connectivity index (χ0) is 26.1. The molecule has 0 radical (unpaired) electrons. The molecular formula is C30H34F4O3. The van der Waals surface area contributed by atoms with E-state index in [2.05, 4.69) is 6.92 Å². The number of hydrogen-bond acceptors (Lipinski definition) is 3. The second kappa shape index (κ2) is 11.1. The summed E-state index contributed by atoms with van der Waals surface area (Å²) in [6.45, 7) is 2.56. The predicted molar refractivity (Wildman–Crippen MR) is 131 cm³/mol. The number of carbonyl (C=O) groups excluding carboxylic acids is 1. The van der Waals surface area contributed by atoms with Crippen molar-refractivity contribution in [1.29, 1.82) is 0 Å². The summed E-state index contributed by atoms with van der Waals surface area (Å²) in [5.74, 6) is -4.25. The molecule has 1 unspecified atom stereocenters. The maximum atomic E-state index is 15.0. The third kappa shape index (κ3) is 5.57. The molecule has 1 heterocycles. The number of rotatable bonds is 7. The molecule has 3 fully saturated rings. The van der Waals surface area contributed by atoms with Crippen molar-refractivity contribution in [2.45, 2.75) is 95.2 Å². The van der Waals surface area contributed by atoms with Gasteiger partial charge in [0.2, 0.25) is 0 Å². The molecule has 1 aliphatic heterocycles. The lowest BCUT2D eigenvalue weighted by molar-refractivity contribution is 0.0188. The smallest absolute Gasteiger partial charge is 0.341 e. The highest BCUT2D eigenvalue weighted by molar-refractivity contribution is 5.90. The zero-order valence-electron chi connectivity index (χ0n) is 21.2. The van der Waals surface area contributed by atoms with Crippen LogP contribution >= 0.6 is 0 Å². The second-order valence-electron chi connectivity index (χ2n) is 10.9. The SMILES string of the molecule is CCCC1CCC(c2ccc(C(=O)OC3CCC(c4ccc(C5CO5)c(F)c4F)CC3)c(F)c2F)CC1. The largest absolute Gasteiger partial charge is 0.459 e. The molecule has 3 aliphatic rings. The average molecular weight is 519 g/mol. The number of ether oxygens (including phenoxy) is 2. The summed E-state index contributed by atoms with van der Waals surface area (Å²) < 4.78 is 69.5. The molecule has 2 aromatic carbocycles. The molecule has 2 aromatic rings. The zero-order valence-corrected chi connectivity index (χ0v) is 21.2. The average Bonchev–Trinajstić information content (AvgIpc) is 3.74. The van der Waals surface area contributed by atoms with Crippen molar-refractivity contribution in [3.63, 3.8) is 0 Å². The van der Waals surface area contributed by atoms with Crippen molar-refractivity contribution in [2.24, 2.45) is 5.92 Å². The summed E-state index contributed by atoms with van der Waals surface area (Å²) in [6.07, 6.45) is 7.04. The Kier molecular flexibility index (Phi) is 7.89. The normalized spacial score (nSPS) is 27.6. The highest BCUT2D eigenvalue weighted by atomic mass is 19.2. The molecule has 0 spiro atoms. The molecule has 0 bridgehead atoms. The first-order chi connectivity index (χ1) is 17.9. The van der Waals surface area contributed by atoms with Crippen LogP contribution in [0.1, 0.15) is 116 Å². The van der Waals surface area contributed by atoms with E-state index in [1.54, 1.807) is 12.1 Å². The molecular weight excluding hydrogens is 484 g/mol. The van der Waals surface area contributed by atoms with E-state index < -0.39 is 40.9 Å². The first-order valence-corrected chi connectivity index (χ1v) is 13.7. The van der Waals surface area contributed by atoms with Gasteiger partial charge in [-0.1, -0.05) is 38.0 Å². The summed E-state index contributed by atoms with van der Waals surface area (Å²) in [4.78, 5) is 12.7. The molecule has 0 amide bonds. The number of carbonyl (C=O) groups is 1. The van der Waals surface area contributed by atoms with Gasteiger partial charge >= 0.3 is 5.97 Å². The van der Waals surface area contributed by atoms with Crippen LogP contribution in [0, 0.1) is 29.2 Å². The van der Waals surface area contributed by atoms with E-state index in [1.807, 2.05) is 0 Å². The van der Waals surface area contributed by atoms with Crippen LogP contribution < -0.4 is 0 Å². The highest BCUT2D eigenvalue weighted by Crippen LogP contribution is 2.41. The van der Waals surface area contributed by atoms with Crippen LogP contribution in [0.2, 0.25) is 0 Å². The Bertz CT molecular complexity index is 1130. The fourth-order valence-electron chi connectivity index (χ4n) is 6.29. The molecule has 3 nitrogen and oxygen atoms in total. The minimum Gasteiger partial charge on any atom is -0.459 e. The molecule has 5 rings (SSSR count). The lowest BCUT2D eigenvalue weighted by atomic mass is 9.77. The van der Waals surface area contributed by atoms with Gasteiger partial charge in [0.15, 0.2) is 23.3 Å².